The van der Waals surface area contributed by atoms with Crippen LogP contribution in [-0.4, -0.2) is 20.1 Å². The molecule has 1 fully saturated rings. The minimum Gasteiger partial charge on any atom is -0.382 e. The Bertz CT molecular complexity index is 553. The van der Waals surface area contributed by atoms with Gasteiger partial charge in [0.2, 0.25) is 0 Å². The maximum atomic E-state index is 5.74. The van der Waals surface area contributed by atoms with Gasteiger partial charge in [0, 0.05) is 18.3 Å². The van der Waals surface area contributed by atoms with E-state index in [2.05, 4.69) is 27.0 Å². The monoisotopic (exact) mass is 245 g/mol. The van der Waals surface area contributed by atoms with E-state index < -0.39 is 0 Å². The standard InChI is InChI=1S/C12H15N5O/c1-7-2-3-8(6-7)11-16-12(18-17-11)9-10(13)15-5-4-14-9/h4-5,7-8H,2-3,6H2,1H3,(H2,13,15). The molecule has 2 unspecified atom stereocenters. The van der Waals surface area contributed by atoms with Gasteiger partial charge in [0.15, 0.2) is 17.3 Å². The summed E-state index contributed by atoms with van der Waals surface area (Å²) >= 11 is 0. The molecule has 2 aromatic heterocycles. The van der Waals surface area contributed by atoms with E-state index in [1.807, 2.05) is 0 Å². The third-order valence-corrected chi connectivity index (χ3v) is 3.43. The van der Waals surface area contributed by atoms with Crippen molar-refractivity contribution in [1.82, 2.24) is 20.1 Å². The smallest absolute Gasteiger partial charge is 0.280 e. The molecule has 0 saturated heterocycles. The van der Waals surface area contributed by atoms with Gasteiger partial charge < -0.3 is 10.3 Å². The molecule has 6 heteroatoms. The molecule has 94 valence electrons. The normalized spacial score (nSPS) is 23.4. The summed E-state index contributed by atoms with van der Waals surface area (Å²) in [6.07, 6.45) is 6.56. The summed E-state index contributed by atoms with van der Waals surface area (Å²) < 4.78 is 5.24. The van der Waals surface area contributed by atoms with E-state index in [0.29, 0.717) is 23.3 Å². The van der Waals surface area contributed by atoms with Crippen LogP contribution in [0.1, 0.15) is 37.9 Å². The molecule has 2 N–H and O–H groups in total. The van der Waals surface area contributed by atoms with Crippen LogP contribution in [0.2, 0.25) is 0 Å². The fraction of sp³-hybridized carbons (Fsp3) is 0.500. The Hall–Kier alpha value is -1.98. The number of hydrogen-bond acceptors (Lipinski definition) is 6. The van der Waals surface area contributed by atoms with Gasteiger partial charge in [0.05, 0.1) is 0 Å². The molecule has 2 atom stereocenters. The van der Waals surface area contributed by atoms with Crippen molar-refractivity contribution in [2.24, 2.45) is 5.92 Å². The lowest BCUT2D eigenvalue weighted by atomic mass is 10.1. The number of aromatic nitrogens is 4. The molecule has 6 nitrogen and oxygen atoms in total. The van der Waals surface area contributed by atoms with Gasteiger partial charge in [0.25, 0.3) is 5.89 Å². The average molecular weight is 245 g/mol. The minimum atomic E-state index is 0.312. The van der Waals surface area contributed by atoms with Gasteiger partial charge in [-0.05, 0) is 25.2 Å². The fourth-order valence-electron chi connectivity index (χ4n) is 2.45. The van der Waals surface area contributed by atoms with Gasteiger partial charge in [-0.15, -0.1) is 0 Å². The summed E-state index contributed by atoms with van der Waals surface area (Å²) in [6, 6.07) is 0. The van der Waals surface area contributed by atoms with Gasteiger partial charge in [-0.25, -0.2) is 9.97 Å². The van der Waals surface area contributed by atoms with Crippen molar-refractivity contribution in [2.75, 3.05) is 5.73 Å². The molecule has 3 rings (SSSR count). The molecule has 2 aromatic rings. The molecule has 1 aliphatic carbocycles. The zero-order valence-corrected chi connectivity index (χ0v) is 10.2. The van der Waals surface area contributed by atoms with Crippen molar-refractivity contribution >= 4 is 5.82 Å². The van der Waals surface area contributed by atoms with Crippen LogP contribution in [0.3, 0.4) is 0 Å². The second-order valence-corrected chi connectivity index (χ2v) is 4.86. The van der Waals surface area contributed by atoms with Gasteiger partial charge in [-0.2, -0.15) is 4.98 Å². The van der Waals surface area contributed by atoms with Crippen LogP contribution >= 0.6 is 0 Å². The maximum absolute atomic E-state index is 5.74. The van der Waals surface area contributed by atoms with E-state index >= 15 is 0 Å². The average Bonchev–Trinajstić information content (AvgIpc) is 2.98. The molecular formula is C12H15N5O. The highest BCUT2D eigenvalue weighted by Crippen LogP contribution is 2.37. The van der Waals surface area contributed by atoms with Crippen LogP contribution in [0.4, 0.5) is 5.82 Å². The molecule has 0 aromatic carbocycles. The summed E-state index contributed by atoms with van der Waals surface area (Å²) in [7, 11) is 0. The second-order valence-electron chi connectivity index (χ2n) is 4.86. The highest BCUT2D eigenvalue weighted by atomic mass is 16.5. The van der Waals surface area contributed by atoms with E-state index in [1.54, 1.807) is 6.20 Å². The van der Waals surface area contributed by atoms with Crippen LogP contribution in [0.5, 0.6) is 0 Å². The Kier molecular flexibility index (Phi) is 2.70. The third-order valence-electron chi connectivity index (χ3n) is 3.43. The third kappa shape index (κ3) is 1.94. The predicted molar refractivity (Wildman–Crippen MR) is 65.5 cm³/mol. The van der Waals surface area contributed by atoms with E-state index in [9.17, 15) is 0 Å². The van der Waals surface area contributed by atoms with Crippen LogP contribution in [-0.2, 0) is 0 Å². The van der Waals surface area contributed by atoms with Gasteiger partial charge in [-0.3, -0.25) is 0 Å². The fourth-order valence-corrected chi connectivity index (χ4v) is 2.45. The van der Waals surface area contributed by atoms with Crippen molar-refractivity contribution in [3.8, 4) is 11.6 Å². The summed E-state index contributed by atoms with van der Waals surface area (Å²) in [5, 5.41) is 4.04. The Labute approximate surface area is 105 Å². The summed E-state index contributed by atoms with van der Waals surface area (Å²) in [4.78, 5) is 12.5. The van der Waals surface area contributed by atoms with Crippen molar-refractivity contribution in [3.63, 3.8) is 0 Å². The Morgan fingerprint density at radius 2 is 2.11 bits per heavy atom. The SMILES string of the molecule is CC1CCC(c2noc(-c3nccnc3N)n2)C1. The molecule has 18 heavy (non-hydrogen) atoms. The zero-order valence-electron chi connectivity index (χ0n) is 10.2. The molecule has 0 spiro atoms. The van der Waals surface area contributed by atoms with Crippen molar-refractivity contribution < 1.29 is 4.52 Å². The number of anilines is 1. The van der Waals surface area contributed by atoms with E-state index in [0.717, 1.165) is 24.6 Å². The molecule has 0 aliphatic heterocycles. The van der Waals surface area contributed by atoms with Gasteiger partial charge >= 0.3 is 0 Å². The number of nitrogens with zero attached hydrogens (tertiary/aromatic N) is 4. The molecule has 2 heterocycles. The highest BCUT2D eigenvalue weighted by molar-refractivity contribution is 5.61. The Balaban J connectivity index is 1.88. The quantitative estimate of drug-likeness (QED) is 0.870. The summed E-state index contributed by atoms with van der Waals surface area (Å²) in [5.41, 5.74) is 6.20. The van der Waals surface area contributed by atoms with Crippen LogP contribution in [0.25, 0.3) is 11.6 Å². The number of hydrogen-bond donors (Lipinski definition) is 1. The Morgan fingerprint density at radius 1 is 1.28 bits per heavy atom. The lowest BCUT2D eigenvalue weighted by molar-refractivity contribution is 0.413. The first-order valence-electron chi connectivity index (χ1n) is 6.14. The van der Waals surface area contributed by atoms with Gasteiger partial charge in [-0.1, -0.05) is 12.1 Å². The molecule has 0 amide bonds. The van der Waals surface area contributed by atoms with Gasteiger partial charge in [0.1, 0.15) is 0 Å². The minimum absolute atomic E-state index is 0.312. The first kappa shape index (κ1) is 11.1. The lowest BCUT2D eigenvalue weighted by Crippen LogP contribution is -1.98. The molecule has 0 radical (unpaired) electrons. The zero-order chi connectivity index (χ0) is 12.5. The predicted octanol–water partition coefficient (Wildman–Crippen LogP) is 2.01. The van der Waals surface area contributed by atoms with Crippen molar-refractivity contribution in [1.29, 1.82) is 0 Å². The molecule has 1 saturated carbocycles. The maximum Gasteiger partial charge on any atom is 0.280 e. The summed E-state index contributed by atoms with van der Waals surface area (Å²) in [5.74, 6) is 2.57. The Morgan fingerprint density at radius 3 is 2.83 bits per heavy atom. The van der Waals surface area contributed by atoms with Crippen molar-refractivity contribution in [2.45, 2.75) is 32.1 Å². The first-order valence-corrected chi connectivity index (χ1v) is 6.14. The summed E-state index contributed by atoms with van der Waals surface area (Å²) in [6.45, 7) is 2.25. The molecular weight excluding hydrogens is 230 g/mol. The molecule has 1 aliphatic rings. The van der Waals surface area contributed by atoms with E-state index in [-0.39, 0.29) is 0 Å². The largest absolute Gasteiger partial charge is 0.382 e. The lowest BCUT2D eigenvalue weighted by Gasteiger charge is -2.01. The van der Waals surface area contributed by atoms with Crippen molar-refractivity contribution in [3.05, 3.63) is 18.2 Å². The van der Waals surface area contributed by atoms with Crippen LogP contribution in [0, 0.1) is 5.92 Å². The molecule has 0 bridgehead atoms. The second kappa shape index (κ2) is 4.36. The van der Waals surface area contributed by atoms with E-state index in [1.165, 1.54) is 12.6 Å². The number of rotatable bonds is 2. The highest BCUT2D eigenvalue weighted by Gasteiger charge is 2.27. The van der Waals surface area contributed by atoms with Crippen LogP contribution in [0.15, 0.2) is 16.9 Å². The number of nitrogen functional groups attached to an aromatic ring is 1. The number of nitrogens with two attached hydrogens (primary N) is 1. The van der Waals surface area contributed by atoms with Crippen LogP contribution < -0.4 is 5.73 Å². The van der Waals surface area contributed by atoms with E-state index in [4.69, 9.17) is 10.3 Å². The first-order chi connectivity index (χ1) is 8.74. The topological polar surface area (TPSA) is 90.7 Å².